The molecule has 2 aliphatic rings. The average molecular weight is 526 g/mol. The number of thioether (sulfide) groups is 1. The van der Waals surface area contributed by atoms with Crippen LogP contribution in [-0.4, -0.2) is 55.0 Å². The van der Waals surface area contributed by atoms with Crippen LogP contribution in [0.25, 0.3) is 6.08 Å². The summed E-state index contributed by atoms with van der Waals surface area (Å²) in [5.74, 6) is -1.04. The second kappa shape index (κ2) is 10.5. The third-order valence-corrected chi connectivity index (χ3v) is 6.84. The number of amides is 2. The number of hydrogen-bond donors (Lipinski definition) is 2. The van der Waals surface area contributed by atoms with E-state index in [4.69, 9.17) is 4.74 Å². The highest BCUT2D eigenvalue weighted by Gasteiger charge is 2.53. The van der Waals surface area contributed by atoms with Gasteiger partial charge in [-0.2, -0.15) is 0 Å². The fourth-order valence-electron chi connectivity index (χ4n) is 3.83. The van der Waals surface area contributed by atoms with Crippen molar-refractivity contribution in [1.82, 2.24) is 10.2 Å². The van der Waals surface area contributed by atoms with Gasteiger partial charge in [-0.05, 0) is 17.7 Å². The summed E-state index contributed by atoms with van der Waals surface area (Å²) in [6, 6.07) is 11.2. The van der Waals surface area contributed by atoms with Crippen LogP contribution < -0.4 is 5.32 Å². The SMILES string of the molecule is O=C(Cc1ccccc1)N[C@@H]1C(=O)N2C(OC(=O)O)=C(C=Cc3ccc([N+](=O)[O-])cc3[N+](=O)[O-])CS[C@H]12. The number of hydrogen-bond acceptors (Lipinski definition) is 9. The number of rotatable bonds is 8. The number of allylic oxidation sites excluding steroid dienone is 1. The Kier molecular flexibility index (Phi) is 7.20. The highest BCUT2D eigenvalue weighted by Crippen LogP contribution is 2.41. The van der Waals surface area contributed by atoms with Crippen molar-refractivity contribution in [1.29, 1.82) is 0 Å². The van der Waals surface area contributed by atoms with Crippen LogP contribution in [0.1, 0.15) is 11.1 Å². The molecule has 4 rings (SSSR count). The Labute approximate surface area is 212 Å². The number of nitrogens with one attached hydrogen (secondary N) is 1. The molecule has 1 saturated heterocycles. The molecule has 13 nitrogen and oxygen atoms in total. The maximum atomic E-state index is 12.9. The summed E-state index contributed by atoms with van der Waals surface area (Å²) in [5, 5.41) is 33.6. The lowest BCUT2D eigenvalue weighted by molar-refractivity contribution is -0.394. The van der Waals surface area contributed by atoms with Gasteiger partial charge in [0.2, 0.25) is 11.8 Å². The molecule has 2 heterocycles. The molecular formula is C23H18N4O9S. The molecule has 2 aliphatic heterocycles. The van der Waals surface area contributed by atoms with Gasteiger partial charge in [0.25, 0.3) is 17.3 Å². The number of non-ortho nitro benzene ring substituents is 1. The van der Waals surface area contributed by atoms with Crippen LogP contribution in [0, 0.1) is 20.2 Å². The Hall–Kier alpha value is -4.72. The molecule has 2 amide bonds. The Bertz CT molecular complexity index is 1360. The number of benzene rings is 2. The monoisotopic (exact) mass is 526 g/mol. The minimum absolute atomic E-state index is 0.0332. The predicted octanol–water partition coefficient (Wildman–Crippen LogP) is 3.07. The zero-order valence-electron chi connectivity index (χ0n) is 18.8. The molecule has 2 N–H and O–H groups in total. The van der Waals surface area contributed by atoms with Gasteiger partial charge in [0.1, 0.15) is 11.4 Å². The molecule has 0 unspecified atom stereocenters. The smallest absolute Gasteiger partial charge is 0.449 e. The number of β-lactam (4-membered cyclic amide) rings is 1. The minimum atomic E-state index is -1.67. The Morgan fingerprint density at radius 2 is 1.86 bits per heavy atom. The molecule has 0 aliphatic carbocycles. The number of nitrogens with zero attached hydrogens (tertiary/aromatic N) is 3. The van der Waals surface area contributed by atoms with E-state index in [0.717, 1.165) is 22.6 Å². The minimum Gasteiger partial charge on any atom is -0.449 e. The van der Waals surface area contributed by atoms with Crippen LogP contribution in [0.4, 0.5) is 16.2 Å². The molecule has 190 valence electrons. The molecule has 2 aromatic rings. The molecule has 0 aromatic heterocycles. The third kappa shape index (κ3) is 5.43. The Morgan fingerprint density at radius 1 is 1.14 bits per heavy atom. The first kappa shape index (κ1) is 25.4. The third-order valence-electron chi connectivity index (χ3n) is 5.54. The van der Waals surface area contributed by atoms with Crippen molar-refractivity contribution in [3.05, 3.63) is 97.4 Å². The largest absolute Gasteiger partial charge is 0.512 e. The van der Waals surface area contributed by atoms with E-state index in [0.29, 0.717) is 0 Å². The summed E-state index contributed by atoms with van der Waals surface area (Å²) in [7, 11) is 0. The van der Waals surface area contributed by atoms with Gasteiger partial charge in [-0.25, -0.2) is 4.79 Å². The summed E-state index contributed by atoms with van der Waals surface area (Å²) in [6.45, 7) is 0. The van der Waals surface area contributed by atoms with Crippen LogP contribution in [-0.2, 0) is 20.7 Å². The maximum absolute atomic E-state index is 12.9. The van der Waals surface area contributed by atoms with Crippen LogP contribution in [0.15, 0.2) is 66.1 Å². The van der Waals surface area contributed by atoms with Crippen molar-refractivity contribution in [3.63, 3.8) is 0 Å². The van der Waals surface area contributed by atoms with Gasteiger partial charge in [-0.1, -0.05) is 36.4 Å². The van der Waals surface area contributed by atoms with E-state index in [1.165, 1.54) is 30.0 Å². The summed E-state index contributed by atoms with van der Waals surface area (Å²) in [6.07, 6.45) is 1.03. The van der Waals surface area contributed by atoms with Crippen molar-refractivity contribution in [3.8, 4) is 0 Å². The quantitative estimate of drug-likeness (QED) is 0.224. The van der Waals surface area contributed by atoms with Crippen LogP contribution in [0.2, 0.25) is 0 Å². The van der Waals surface area contributed by atoms with Crippen molar-refractivity contribution >= 4 is 47.2 Å². The molecule has 0 saturated carbocycles. The molecule has 2 atom stereocenters. The van der Waals surface area contributed by atoms with E-state index in [1.54, 1.807) is 24.3 Å². The highest BCUT2D eigenvalue weighted by molar-refractivity contribution is 8.00. The number of carbonyl (C=O) groups excluding carboxylic acids is 2. The van der Waals surface area contributed by atoms with Crippen molar-refractivity contribution < 1.29 is 34.1 Å². The maximum Gasteiger partial charge on any atom is 0.512 e. The lowest BCUT2D eigenvalue weighted by atomic mass is 10.0. The molecule has 37 heavy (non-hydrogen) atoms. The fourth-order valence-corrected chi connectivity index (χ4v) is 5.13. The predicted molar refractivity (Wildman–Crippen MR) is 130 cm³/mol. The zero-order valence-corrected chi connectivity index (χ0v) is 19.6. The Balaban J connectivity index is 1.55. The van der Waals surface area contributed by atoms with Gasteiger partial charge in [0, 0.05) is 17.4 Å². The summed E-state index contributed by atoms with van der Waals surface area (Å²) >= 11 is 1.25. The van der Waals surface area contributed by atoms with Gasteiger partial charge >= 0.3 is 6.16 Å². The average Bonchev–Trinajstić information content (AvgIpc) is 2.86. The number of ether oxygens (including phenoxy) is 1. The second-order valence-corrected chi connectivity index (χ2v) is 9.01. The summed E-state index contributed by atoms with van der Waals surface area (Å²) in [4.78, 5) is 58.5. The molecular weight excluding hydrogens is 508 g/mol. The zero-order chi connectivity index (χ0) is 26.7. The number of fused-ring (bicyclic) bond motifs is 1. The molecule has 0 radical (unpaired) electrons. The van der Waals surface area contributed by atoms with Crippen molar-refractivity contribution in [2.45, 2.75) is 17.8 Å². The van der Waals surface area contributed by atoms with E-state index < -0.39 is 44.7 Å². The number of nitro benzene ring substituents is 2. The van der Waals surface area contributed by atoms with E-state index >= 15 is 0 Å². The second-order valence-electron chi connectivity index (χ2n) is 7.91. The van der Waals surface area contributed by atoms with Crippen LogP contribution in [0.5, 0.6) is 0 Å². The van der Waals surface area contributed by atoms with Gasteiger partial charge in [0.15, 0.2) is 0 Å². The van der Waals surface area contributed by atoms with Crippen molar-refractivity contribution in [2.75, 3.05) is 5.75 Å². The lowest BCUT2D eigenvalue weighted by Crippen LogP contribution is -2.70. The topological polar surface area (TPSA) is 182 Å². The van der Waals surface area contributed by atoms with E-state index in [2.05, 4.69) is 5.32 Å². The number of nitro groups is 2. The van der Waals surface area contributed by atoms with Gasteiger partial charge in [0.05, 0.1) is 27.9 Å². The molecule has 2 aromatic carbocycles. The lowest BCUT2D eigenvalue weighted by Gasteiger charge is -2.48. The van der Waals surface area contributed by atoms with Gasteiger partial charge in [-0.15, -0.1) is 11.8 Å². The molecule has 1 fully saturated rings. The van der Waals surface area contributed by atoms with Gasteiger partial charge in [-0.3, -0.25) is 34.7 Å². The molecule has 14 heteroatoms. The summed E-state index contributed by atoms with van der Waals surface area (Å²) < 4.78 is 4.87. The first-order chi connectivity index (χ1) is 17.7. The Morgan fingerprint density at radius 3 is 2.51 bits per heavy atom. The van der Waals surface area contributed by atoms with Crippen LogP contribution in [0.3, 0.4) is 0 Å². The van der Waals surface area contributed by atoms with Gasteiger partial charge < -0.3 is 15.2 Å². The summed E-state index contributed by atoms with van der Waals surface area (Å²) in [5.41, 5.74) is 0.0713. The van der Waals surface area contributed by atoms with E-state index in [-0.39, 0.29) is 35.1 Å². The first-order valence-electron chi connectivity index (χ1n) is 10.7. The molecule has 0 bridgehead atoms. The number of carbonyl (C=O) groups is 3. The first-order valence-corrected chi connectivity index (χ1v) is 11.7. The highest BCUT2D eigenvalue weighted by atomic mass is 32.2. The normalized spacial score (nSPS) is 18.7. The standard InChI is InChI=1S/C23H18N4O9S/c28-18(10-13-4-2-1-3-5-13)24-19-20(29)25-21(36-23(30)31)15(12-37-22(19)25)7-6-14-8-9-16(26(32)33)11-17(14)27(34)35/h1-9,11,19,22H,10,12H2,(H,24,28)(H,30,31)/t19-,22-/m1/s1. The van der Waals surface area contributed by atoms with Crippen LogP contribution >= 0.6 is 11.8 Å². The van der Waals surface area contributed by atoms with Crippen molar-refractivity contribution in [2.24, 2.45) is 0 Å². The van der Waals surface area contributed by atoms with E-state index in [1.807, 2.05) is 6.07 Å². The number of carboxylic acid groups (broad SMARTS) is 1. The van der Waals surface area contributed by atoms with E-state index in [9.17, 15) is 39.7 Å². The molecule has 0 spiro atoms. The fraction of sp³-hybridized carbons (Fsp3) is 0.174.